The van der Waals surface area contributed by atoms with E-state index in [2.05, 4.69) is 13.8 Å². The van der Waals surface area contributed by atoms with E-state index in [4.69, 9.17) is 0 Å². The van der Waals surface area contributed by atoms with E-state index in [1.54, 1.807) is 0 Å². The standard InChI is InChI=1S/C11H20O/c1-7(2)10(9-5-6-9)11(12)8(3)4/h7-10H,5-6H2,1-4H3/t10-/m1/s1. The summed E-state index contributed by atoms with van der Waals surface area (Å²) in [6.07, 6.45) is 2.56. The first-order valence-electron chi connectivity index (χ1n) is 5.07. The lowest BCUT2D eigenvalue weighted by Gasteiger charge is -2.20. The summed E-state index contributed by atoms with van der Waals surface area (Å²) in [5.41, 5.74) is 0. The normalized spacial score (nSPS) is 20.2. The Morgan fingerprint density at radius 1 is 1.17 bits per heavy atom. The molecular weight excluding hydrogens is 148 g/mol. The maximum absolute atomic E-state index is 11.8. The smallest absolute Gasteiger partial charge is 0.139 e. The average Bonchev–Trinajstić information content (AvgIpc) is 2.70. The van der Waals surface area contributed by atoms with E-state index in [0.717, 1.165) is 5.92 Å². The van der Waals surface area contributed by atoms with Crippen LogP contribution in [0.5, 0.6) is 0 Å². The molecule has 1 nitrogen and oxygen atoms in total. The molecule has 0 aromatic heterocycles. The van der Waals surface area contributed by atoms with Crippen molar-refractivity contribution in [2.24, 2.45) is 23.7 Å². The Morgan fingerprint density at radius 3 is 1.92 bits per heavy atom. The molecule has 0 amide bonds. The second kappa shape index (κ2) is 3.59. The largest absolute Gasteiger partial charge is 0.299 e. The highest BCUT2D eigenvalue weighted by atomic mass is 16.1. The highest BCUT2D eigenvalue weighted by Gasteiger charge is 2.38. The van der Waals surface area contributed by atoms with Gasteiger partial charge in [-0.15, -0.1) is 0 Å². The molecule has 70 valence electrons. The molecule has 12 heavy (non-hydrogen) atoms. The van der Waals surface area contributed by atoms with Crippen molar-refractivity contribution in [1.29, 1.82) is 0 Å². The van der Waals surface area contributed by atoms with E-state index in [-0.39, 0.29) is 5.92 Å². The van der Waals surface area contributed by atoms with Crippen molar-refractivity contribution in [1.82, 2.24) is 0 Å². The van der Waals surface area contributed by atoms with E-state index < -0.39 is 0 Å². The van der Waals surface area contributed by atoms with Crippen molar-refractivity contribution in [3.63, 3.8) is 0 Å². The van der Waals surface area contributed by atoms with Crippen LogP contribution in [0.1, 0.15) is 40.5 Å². The first-order valence-corrected chi connectivity index (χ1v) is 5.07. The summed E-state index contributed by atoms with van der Waals surface area (Å²) < 4.78 is 0. The van der Waals surface area contributed by atoms with Gasteiger partial charge in [-0.2, -0.15) is 0 Å². The molecule has 0 aromatic carbocycles. The number of rotatable bonds is 4. The first kappa shape index (κ1) is 9.76. The minimum Gasteiger partial charge on any atom is -0.299 e. The number of carbonyl (C=O) groups excluding carboxylic acids is 1. The van der Waals surface area contributed by atoms with Gasteiger partial charge in [0.15, 0.2) is 0 Å². The van der Waals surface area contributed by atoms with Crippen LogP contribution in [0, 0.1) is 23.7 Å². The summed E-state index contributed by atoms with van der Waals surface area (Å²) >= 11 is 0. The predicted octanol–water partition coefficient (Wildman–Crippen LogP) is 2.89. The van der Waals surface area contributed by atoms with Gasteiger partial charge in [-0.25, -0.2) is 0 Å². The van der Waals surface area contributed by atoms with Crippen molar-refractivity contribution in [2.75, 3.05) is 0 Å². The topological polar surface area (TPSA) is 17.1 Å². The van der Waals surface area contributed by atoms with Gasteiger partial charge >= 0.3 is 0 Å². The molecule has 0 radical (unpaired) electrons. The number of carbonyl (C=O) groups is 1. The third-order valence-corrected chi connectivity index (χ3v) is 2.75. The lowest BCUT2D eigenvalue weighted by atomic mass is 9.83. The van der Waals surface area contributed by atoms with E-state index in [0.29, 0.717) is 17.6 Å². The summed E-state index contributed by atoms with van der Waals surface area (Å²) in [7, 11) is 0. The molecule has 1 saturated carbocycles. The van der Waals surface area contributed by atoms with Gasteiger partial charge in [0.25, 0.3) is 0 Å². The number of ketones is 1. The van der Waals surface area contributed by atoms with Crippen LogP contribution in [0.25, 0.3) is 0 Å². The third-order valence-electron chi connectivity index (χ3n) is 2.75. The lowest BCUT2D eigenvalue weighted by Crippen LogP contribution is -2.26. The molecule has 0 heterocycles. The average molecular weight is 168 g/mol. The van der Waals surface area contributed by atoms with Gasteiger partial charge < -0.3 is 0 Å². The van der Waals surface area contributed by atoms with Gasteiger partial charge in [0.05, 0.1) is 0 Å². The Bertz CT molecular complexity index is 164. The predicted molar refractivity (Wildman–Crippen MR) is 50.9 cm³/mol. The summed E-state index contributed by atoms with van der Waals surface area (Å²) in [5, 5.41) is 0. The molecule has 1 rings (SSSR count). The molecule has 0 saturated heterocycles. The zero-order valence-electron chi connectivity index (χ0n) is 8.63. The van der Waals surface area contributed by atoms with Crippen LogP contribution in [-0.2, 0) is 4.79 Å². The molecule has 0 aliphatic heterocycles. The third kappa shape index (κ3) is 2.09. The molecule has 1 atom stereocenters. The fraction of sp³-hybridized carbons (Fsp3) is 0.909. The Morgan fingerprint density at radius 2 is 1.67 bits per heavy atom. The Labute approximate surface area is 75.5 Å². The summed E-state index contributed by atoms with van der Waals surface area (Å²) in [5.74, 6) is 2.31. The zero-order chi connectivity index (χ0) is 9.30. The van der Waals surface area contributed by atoms with Crippen molar-refractivity contribution < 1.29 is 4.79 Å². The van der Waals surface area contributed by atoms with Crippen LogP contribution in [0.4, 0.5) is 0 Å². The number of hydrogen-bond donors (Lipinski definition) is 0. The number of Topliss-reactive ketones (excluding diaryl/α,β-unsaturated/α-hetero) is 1. The van der Waals surface area contributed by atoms with Gasteiger partial charge in [-0.3, -0.25) is 4.79 Å². The monoisotopic (exact) mass is 168 g/mol. The van der Waals surface area contributed by atoms with Crippen molar-refractivity contribution in [2.45, 2.75) is 40.5 Å². The van der Waals surface area contributed by atoms with Crippen LogP contribution in [0.15, 0.2) is 0 Å². The molecule has 1 fully saturated rings. The molecule has 1 aliphatic carbocycles. The quantitative estimate of drug-likeness (QED) is 0.631. The van der Waals surface area contributed by atoms with Gasteiger partial charge in [0, 0.05) is 11.8 Å². The second-order valence-electron chi connectivity index (χ2n) is 4.66. The minimum atomic E-state index is 0.220. The molecule has 0 bridgehead atoms. The number of hydrogen-bond acceptors (Lipinski definition) is 1. The van der Waals surface area contributed by atoms with Crippen LogP contribution < -0.4 is 0 Å². The molecule has 0 aromatic rings. The Hall–Kier alpha value is -0.330. The Kier molecular flexibility index (Phi) is 2.92. The van der Waals surface area contributed by atoms with E-state index in [9.17, 15) is 4.79 Å². The SMILES string of the molecule is CC(C)C(=O)[C@H](C(C)C)C1CC1. The van der Waals surface area contributed by atoms with Gasteiger partial charge in [0.2, 0.25) is 0 Å². The van der Waals surface area contributed by atoms with Crippen molar-refractivity contribution in [3.8, 4) is 0 Å². The lowest BCUT2D eigenvalue weighted by molar-refractivity contribution is -0.127. The van der Waals surface area contributed by atoms with Crippen molar-refractivity contribution >= 4 is 5.78 Å². The highest BCUT2D eigenvalue weighted by molar-refractivity contribution is 5.83. The molecule has 0 N–H and O–H groups in total. The van der Waals surface area contributed by atoms with Crippen LogP contribution in [0.2, 0.25) is 0 Å². The Balaban J connectivity index is 2.58. The van der Waals surface area contributed by atoms with E-state index >= 15 is 0 Å². The summed E-state index contributed by atoms with van der Waals surface area (Å²) in [6, 6.07) is 0. The molecule has 0 spiro atoms. The zero-order valence-corrected chi connectivity index (χ0v) is 8.63. The van der Waals surface area contributed by atoms with Crippen LogP contribution in [-0.4, -0.2) is 5.78 Å². The fourth-order valence-electron chi connectivity index (χ4n) is 1.95. The maximum Gasteiger partial charge on any atom is 0.139 e. The second-order valence-corrected chi connectivity index (χ2v) is 4.66. The van der Waals surface area contributed by atoms with Crippen LogP contribution >= 0.6 is 0 Å². The first-order chi connectivity index (χ1) is 5.54. The fourth-order valence-corrected chi connectivity index (χ4v) is 1.95. The summed E-state index contributed by atoms with van der Waals surface area (Å²) in [6.45, 7) is 8.37. The molecule has 1 heteroatoms. The molecule has 1 aliphatic rings. The van der Waals surface area contributed by atoms with E-state index in [1.165, 1.54) is 12.8 Å². The minimum absolute atomic E-state index is 0.220. The molecular formula is C11H20O. The van der Waals surface area contributed by atoms with Gasteiger partial charge in [0.1, 0.15) is 5.78 Å². The van der Waals surface area contributed by atoms with Gasteiger partial charge in [-0.05, 0) is 24.7 Å². The van der Waals surface area contributed by atoms with Crippen LogP contribution in [0.3, 0.4) is 0 Å². The summed E-state index contributed by atoms with van der Waals surface area (Å²) in [4.78, 5) is 11.8. The molecule has 0 unspecified atom stereocenters. The van der Waals surface area contributed by atoms with Gasteiger partial charge in [-0.1, -0.05) is 27.7 Å². The highest BCUT2D eigenvalue weighted by Crippen LogP contribution is 2.41. The van der Waals surface area contributed by atoms with E-state index in [1.807, 2.05) is 13.8 Å². The maximum atomic E-state index is 11.8. The van der Waals surface area contributed by atoms with Crippen molar-refractivity contribution in [3.05, 3.63) is 0 Å².